The molecule has 3 rings (SSSR count). The minimum Gasteiger partial charge on any atom is -0.478 e. The SMILES string of the molecule is CC[Si](CC)(CC)OCCCOc1ccc(C(=O)CC(=O)C[C@H]2CO[C@@H](C[C@@H]3O[C@H]3[C@H](C)[C@H](C)O[Si](C)(C)C)[C@@H](O[Si](C)(C)C)[C@@H]2O[Si](C)(C)C)cn1. The smallest absolute Gasteiger partial charge is 0.213 e. The van der Waals surface area contributed by atoms with E-state index < -0.39 is 33.3 Å². The second-order valence-electron chi connectivity index (χ2n) is 18.2. The van der Waals surface area contributed by atoms with Gasteiger partial charge in [-0.2, -0.15) is 0 Å². The third-order valence-electron chi connectivity index (χ3n) is 10.3. The van der Waals surface area contributed by atoms with Crippen LogP contribution >= 0.6 is 0 Å². The zero-order valence-electron chi connectivity index (χ0n) is 35.5. The molecule has 2 aliphatic rings. The molecule has 0 aromatic carbocycles. The number of aromatic nitrogens is 1. The summed E-state index contributed by atoms with van der Waals surface area (Å²) in [5, 5.41) is 0. The van der Waals surface area contributed by atoms with Gasteiger partial charge in [-0.25, -0.2) is 4.98 Å². The largest absolute Gasteiger partial charge is 0.478 e. The van der Waals surface area contributed by atoms with Crippen LogP contribution in [0.3, 0.4) is 0 Å². The lowest BCUT2D eigenvalue weighted by Crippen LogP contribution is -2.58. The van der Waals surface area contributed by atoms with Crippen molar-refractivity contribution < 1.29 is 41.5 Å². The Bertz CT molecular complexity index is 1290. The zero-order chi connectivity index (χ0) is 39.8. The lowest BCUT2D eigenvalue weighted by molar-refractivity contribution is -0.158. The van der Waals surface area contributed by atoms with E-state index >= 15 is 0 Å². The molecule has 53 heavy (non-hydrogen) atoms. The van der Waals surface area contributed by atoms with E-state index in [4.69, 9.17) is 31.9 Å². The first-order valence-electron chi connectivity index (χ1n) is 20.2. The van der Waals surface area contributed by atoms with E-state index in [1.54, 1.807) is 12.1 Å². The van der Waals surface area contributed by atoms with Gasteiger partial charge in [0.1, 0.15) is 5.78 Å². The Kier molecular flexibility index (Phi) is 17.4. The first kappa shape index (κ1) is 46.3. The van der Waals surface area contributed by atoms with E-state index in [-0.39, 0.29) is 72.9 Å². The van der Waals surface area contributed by atoms with Crippen molar-refractivity contribution >= 4 is 44.8 Å². The molecule has 0 bridgehead atoms. The number of carbonyl (C=O) groups excluding carboxylic acids is 2. The highest BCUT2D eigenvalue weighted by Gasteiger charge is 2.52. The van der Waals surface area contributed by atoms with E-state index in [0.29, 0.717) is 37.7 Å². The Labute approximate surface area is 325 Å². The fraction of sp³-hybridized carbons (Fsp3) is 0.821. The number of hydrogen-bond donors (Lipinski definition) is 0. The number of pyridine rings is 1. The summed E-state index contributed by atoms with van der Waals surface area (Å²) in [5.41, 5.74) is 0.395. The van der Waals surface area contributed by atoms with Crippen LogP contribution in [0.15, 0.2) is 18.3 Å². The van der Waals surface area contributed by atoms with Gasteiger partial charge < -0.3 is 31.9 Å². The summed E-state index contributed by atoms with van der Waals surface area (Å²) in [6.45, 7) is 32.2. The molecule has 3 heterocycles. The van der Waals surface area contributed by atoms with Crippen LogP contribution in [0.25, 0.3) is 0 Å². The topological polar surface area (TPSA) is 115 Å². The molecule has 304 valence electrons. The fourth-order valence-corrected chi connectivity index (χ4v) is 13.5. The molecule has 0 N–H and O–H groups in total. The number of Topliss-reactive ketones (excluding diaryl/α,β-unsaturated/α-hetero) is 2. The Balaban J connectivity index is 1.61. The van der Waals surface area contributed by atoms with Crippen LogP contribution < -0.4 is 4.74 Å². The van der Waals surface area contributed by atoms with Crippen molar-refractivity contribution in [2.45, 2.75) is 174 Å². The van der Waals surface area contributed by atoms with Gasteiger partial charge in [0.2, 0.25) is 5.88 Å². The van der Waals surface area contributed by atoms with Crippen LogP contribution in [0.5, 0.6) is 5.88 Å². The Hall–Kier alpha value is -1.08. The maximum Gasteiger partial charge on any atom is 0.213 e. The number of carbonyl (C=O) groups is 2. The number of epoxide rings is 1. The molecule has 10 nitrogen and oxygen atoms in total. The van der Waals surface area contributed by atoms with Crippen molar-refractivity contribution in [3.63, 3.8) is 0 Å². The fourth-order valence-electron chi connectivity index (χ4n) is 7.24. The summed E-state index contributed by atoms with van der Waals surface area (Å²) < 4.78 is 45.0. The van der Waals surface area contributed by atoms with Crippen LogP contribution in [-0.4, -0.2) is 106 Å². The van der Waals surface area contributed by atoms with Gasteiger partial charge in [-0.15, -0.1) is 0 Å². The summed E-state index contributed by atoms with van der Waals surface area (Å²) in [6.07, 6.45) is 2.39. The number of ether oxygens (including phenoxy) is 3. The van der Waals surface area contributed by atoms with Gasteiger partial charge in [0.05, 0.1) is 50.2 Å². The molecule has 0 saturated carbocycles. The lowest BCUT2D eigenvalue weighted by atomic mass is 9.85. The van der Waals surface area contributed by atoms with E-state index in [9.17, 15) is 9.59 Å². The minimum absolute atomic E-state index is 0.0624. The average molecular weight is 812 g/mol. The second-order valence-corrected chi connectivity index (χ2v) is 36.4. The third kappa shape index (κ3) is 15.4. The van der Waals surface area contributed by atoms with Crippen molar-refractivity contribution in [2.24, 2.45) is 11.8 Å². The van der Waals surface area contributed by atoms with E-state index in [0.717, 1.165) is 24.6 Å². The molecule has 0 radical (unpaired) electrons. The Morgan fingerprint density at radius 1 is 0.849 bits per heavy atom. The van der Waals surface area contributed by atoms with Gasteiger partial charge in [-0.3, -0.25) is 9.59 Å². The molecule has 1 aromatic rings. The minimum atomic E-state index is -2.06. The molecule has 8 atom stereocenters. The number of hydrogen-bond acceptors (Lipinski definition) is 10. The molecule has 0 unspecified atom stereocenters. The number of ketones is 2. The van der Waals surface area contributed by atoms with Gasteiger partial charge in [0.15, 0.2) is 39.1 Å². The quantitative estimate of drug-likeness (QED) is 0.0330. The highest BCUT2D eigenvalue weighted by atomic mass is 28.4. The highest BCUT2D eigenvalue weighted by molar-refractivity contribution is 6.73. The average Bonchev–Trinajstić information content (AvgIpc) is 3.82. The first-order valence-corrected chi connectivity index (χ1v) is 32.9. The molecule has 1 aromatic heterocycles. The van der Waals surface area contributed by atoms with Crippen LogP contribution in [0.4, 0.5) is 0 Å². The molecule has 2 saturated heterocycles. The van der Waals surface area contributed by atoms with Gasteiger partial charge >= 0.3 is 0 Å². The van der Waals surface area contributed by atoms with Crippen LogP contribution in [-0.2, 0) is 32.0 Å². The summed E-state index contributed by atoms with van der Waals surface area (Å²) >= 11 is 0. The van der Waals surface area contributed by atoms with Crippen molar-refractivity contribution in [1.29, 1.82) is 0 Å². The summed E-state index contributed by atoms with van der Waals surface area (Å²) in [6, 6.07) is 6.76. The normalized spacial score (nSPS) is 25.2. The maximum absolute atomic E-state index is 13.5. The molecule has 2 aliphatic heterocycles. The van der Waals surface area contributed by atoms with Crippen LogP contribution in [0.1, 0.15) is 70.7 Å². The maximum atomic E-state index is 13.5. The summed E-state index contributed by atoms with van der Waals surface area (Å²) in [7, 11) is -7.39. The van der Waals surface area contributed by atoms with Crippen molar-refractivity contribution in [3.05, 3.63) is 23.9 Å². The highest BCUT2D eigenvalue weighted by Crippen LogP contribution is 2.40. The van der Waals surface area contributed by atoms with E-state index in [2.05, 4.69) is 98.5 Å². The van der Waals surface area contributed by atoms with Crippen molar-refractivity contribution in [1.82, 2.24) is 4.98 Å². The number of nitrogens with zero attached hydrogens (tertiary/aromatic N) is 1. The van der Waals surface area contributed by atoms with Crippen LogP contribution in [0.2, 0.25) is 77.1 Å². The molecular formula is C39H73NO9Si4. The third-order valence-corrected chi connectivity index (χ3v) is 18.0. The molecule has 14 heteroatoms. The van der Waals surface area contributed by atoms with E-state index in [1.807, 2.05) is 0 Å². The summed E-state index contributed by atoms with van der Waals surface area (Å²) in [5.74, 6) is 0.102. The van der Waals surface area contributed by atoms with Gasteiger partial charge in [0, 0.05) is 61.6 Å². The predicted molar refractivity (Wildman–Crippen MR) is 222 cm³/mol. The Morgan fingerprint density at radius 3 is 2.02 bits per heavy atom. The second kappa shape index (κ2) is 19.9. The van der Waals surface area contributed by atoms with Crippen molar-refractivity contribution in [3.8, 4) is 5.88 Å². The van der Waals surface area contributed by atoms with Crippen molar-refractivity contribution in [2.75, 3.05) is 19.8 Å². The van der Waals surface area contributed by atoms with Crippen LogP contribution in [0, 0.1) is 11.8 Å². The number of rotatable bonds is 24. The molecule has 2 fully saturated rings. The van der Waals surface area contributed by atoms with E-state index in [1.165, 1.54) is 6.20 Å². The predicted octanol–water partition coefficient (Wildman–Crippen LogP) is 8.89. The molecular weight excluding hydrogens is 739 g/mol. The van der Waals surface area contributed by atoms with Gasteiger partial charge in [-0.1, -0.05) is 27.7 Å². The standard InChI is InChI=1S/C39H73NO9Si4/c1-15-53(16-2,17-3)45-22-18-21-43-36-20-19-30(26-40-36)33(42)24-32(41)23-31-27-44-34(39(49-52(12,13)14)38(31)48-51(9,10)11)25-35-37(46-35)28(4)29(5)47-50(6,7)8/h19-20,26,28-29,31,34-35,37-39H,15-18,21-25,27H2,1-14H3/t28-,29+,31+,34+,35+,37+,38-,39-/m1/s1. The molecule has 0 amide bonds. The van der Waals surface area contributed by atoms with Gasteiger partial charge in [-0.05, 0) is 90.0 Å². The Morgan fingerprint density at radius 2 is 1.47 bits per heavy atom. The van der Waals surface area contributed by atoms with Gasteiger partial charge in [0.25, 0.3) is 0 Å². The zero-order valence-corrected chi connectivity index (χ0v) is 39.5. The molecule has 0 aliphatic carbocycles. The lowest BCUT2D eigenvalue weighted by Gasteiger charge is -2.47. The summed E-state index contributed by atoms with van der Waals surface area (Å²) in [4.78, 5) is 31.1. The molecule has 0 spiro atoms. The monoisotopic (exact) mass is 811 g/mol. The first-order chi connectivity index (χ1) is 24.6.